The molecule has 70 heavy (non-hydrogen) atoms. The standard InChI is InChI=1S/C66H44N2O2/c1-41-13-9-19-51-53-21-11-23-59(65(53)69-63(41)51)67(49-33-25-45(26-34-49)43-15-5-3-6-16-43)57-39-31-47-30-38-56-58(40-32-48-29-37-55(57)61(47)62(48)56)68(50-35-27-46(28-36-50)44-17-7-4-8-18-44)60-24-12-22-54-52-20-10-14-42(2)64(52)70-66(54)60/h3-40H,1-2H3. The van der Waals surface area contributed by atoms with Crippen LogP contribution >= 0.6 is 0 Å². The first-order valence-corrected chi connectivity index (χ1v) is 24.0. The summed E-state index contributed by atoms with van der Waals surface area (Å²) in [6, 6.07) is 83.3. The lowest BCUT2D eigenvalue weighted by Crippen LogP contribution is -2.12. The average Bonchev–Trinajstić information content (AvgIpc) is 4.01. The van der Waals surface area contributed by atoms with Gasteiger partial charge in [-0.15, -0.1) is 0 Å². The first-order chi connectivity index (χ1) is 34.6. The molecule has 0 aliphatic heterocycles. The molecule has 12 aromatic carbocycles. The lowest BCUT2D eigenvalue weighted by Gasteiger charge is -2.29. The van der Waals surface area contributed by atoms with Crippen LogP contribution in [0, 0.1) is 13.8 Å². The van der Waals surface area contributed by atoms with Crippen LogP contribution in [0.2, 0.25) is 0 Å². The fourth-order valence-corrected chi connectivity index (χ4v) is 11.1. The van der Waals surface area contributed by atoms with Gasteiger partial charge in [0.25, 0.3) is 0 Å². The Bertz CT molecular complexity index is 4020. The summed E-state index contributed by atoms with van der Waals surface area (Å²) in [6.45, 7) is 4.25. The first-order valence-electron chi connectivity index (χ1n) is 24.0. The molecule has 0 amide bonds. The molecule has 0 atom stereocenters. The fourth-order valence-electron chi connectivity index (χ4n) is 11.1. The number of furan rings is 2. The summed E-state index contributed by atoms with van der Waals surface area (Å²) in [5.41, 5.74) is 16.7. The highest BCUT2D eigenvalue weighted by Gasteiger charge is 2.26. The lowest BCUT2D eigenvalue weighted by molar-refractivity contribution is 0.665. The van der Waals surface area contributed by atoms with Crippen molar-refractivity contribution in [3.05, 3.63) is 242 Å². The Kier molecular flexibility index (Phi) is 8.99. The van der Waals surface area contributed by atoms with Crippen molar-refractivity contribution in [3.63, 3.8) is 0 Å². The van der Waals surface area contributed by atoms with Gasteiger partial charge in [0.2, 0.25) is 0 Å². The van der Waals surface area contributed by atoms with Gasteiger partial charge < -0.3 is 18.6 Å². The molecule has 14 aromatic rings. The van der Waals surface area contributed by atoms with Gasteiger partial charge in [0.05, 0.1) is 22.7 Å². The van der Waals surface area contributed by atoms with Crippen molar-refractivity contribution in [2.45, 2.75) is 13.8 Å². The van der Waals surface area contributed by atoms with Crippen LogP contribution in [0.25, 0.3) is 98.4 Å². The van der Waals surface area contributed by atoms with Crippen LogP contribution in [0.3, 0.4) is 0 Å². The SMILES string of the molecule is Cc1cccc2c1oc1c(N(c3ccc(-c4ccccc4)cc3)c3ccc4ccc5c(N(c6ccc(-c7ccccc7)cc6)c6cccc7c6oc6c(C)cccc67)ccc6ccc3c4c65)cccc12. The molecule has 0 saturated carbocycles. The Morgan fingerprint density at radius 2 is 0.614 bits per heavy atom. The number of rotatable bonds is 8. The highest BCUT2D eigenvalue weighted by atomic mass is 16.3. The quantitative estimate of drug-likeness (QED) is 0.142. The minimum absolute atomic E-state index is 0.857. The zero-order valence-electron chi connectivity index (χ0n) is 38.7. The molecule has 4 nitrogen and oxygen atoms in total. The number of benzene rings is 12. The van der Waals surface area contributed by atoms with Crippen molar-refractivity contribution in [2.24, 2.45) is 0 Å². The molecule has 0 aliphatic carbocycles. The molecule has 0 radical (unpaired) electrons. The summed E-state index contributed by atoms with van der Waals surface area (Å²) in [6.07, 6.45) is 0. The molecule has 0 fully saturated rings. The van der Waals surface area contributed by atoms with E-state index in [-0.39, 0.29) is 0 Å². The Morgan fingerprint density at radius 1 is 0.257 bits per heavy atom. The highest BCUT2D eigenvalue weighted by molar-refractivity contribution is 6.29. The van der Waals surface area contributed by atoms with E-state index in [0.29, 0.717) is 0 Å². The number of fused-ring (bicyclic) bond motifs is 6. The van der Waals surface area contributed by atoms with Crippen molar-refractivity contribution in [1.29, 1.82) is 0 Å². The van der Waals surface area contributed by atoms with Crippen molar-refractivity contribution in [2.75, 3.05) is 9.80 Å². The van der Waals surface area contributed by atoms with Crippen LogP contribution in [0.5, 0.6) is 0 Å². The third-order valence-electron chi connectivity index (χ3n) is 14.4. The maximum atomic E-state index is 6.92. The smallest absolute Gasteiger partial charge is 0.159 e. The second-order valence-electron chi connectivity index (χ2n) is 18.5. The van der Waals surface area contributed by atoms with Gasteiger partial charge in [0.1, 0.15) is 11.2 Å². The summed E-state index contributed by atoms with van der Waals surface area (Å²) in [4.78, 5) is 4.79. The molecule has 14 rings (SSSR count). The van der Waals surface area contributed by atoms with Crippen LogP contribution in [0.4, 0.5) is 34.1 Å². The topological polar surface area (TPSA) is 32.8 Å². The maximum absolute atomic E-state index is 6.92. The van der Waals surface area contributed by atoms with Gasteiger partial charge in [-0.1, -0.05) is 182 Å². The number of anilines is 6. The van der Waals surface area contributed by atoms with E-state index in [2.05, 4.69) is 254 Å². The Morgan fingerprint density at radius 3 is 1.03 bits per heavy atom. The third-order valence-corrected chi connectivity index (χ3v) is 14.4. The molecule has 0 spiro atoms. The average molecular weight is 897 g/mol. The third kappa shape index (κ3) is 6.16. The first kappa shape index (κ1) is 40.0. The largest absolute Gasteiger partial charge is 0.454 e. The van der Waals surface area contributed by atoms with Crippen LogP contribution < -0.4 is 9.80 Å². The van der Waals surface area contributed by atoms with E-state index in [0.717, 1.165) is 111 Å². The number of para-hydroxylation sites is 4. The van der Waals surface area contributed by atoms with E-state index in [1.54, 1.807) is 0 Å². The van der Waals surface area contributed by atoms with E-state index >= 15 is 0 Å². The lowest BCUT2D eigenvalue weighted by atomic mass is 9.91. The fraction of sp³-hybridized carbons (Fsp3) is 0.0303. The van der Waals surface area contributed by atoms with Gasteiger partial charge in [-0.3, -0.25) is 0 Å². The molecular formula is C66H44N2O2. The van der Waals surface area contributed by atoms with Gasteiger partial charge in [-0.25, -0.2) is 0 Å². The monoisotopic (exact) mass is 896 g/mol. The zero-order valence-corrected chi connectivity index (χ0v) is 38.7. The number of hydrogen-bond acceptors (Lipinski definition) is 4. The van der Waals surface area contributed by atoms with Gasteiger partial charge in [0.15, 0.2) is 11.2 Å². The van der Waals surface area contributed by atoms with Gasteiger partial charge in [0, 0.05) is 43.7 Å². The molecule has 0 aliphatic rings. The van der Waals surface area contributed by atoms with Crippen molar-refractivity contribution < 1.29 is 8.83 Å². The summed E-state index contributed by atoms with van der Waals surface area (Å²) in [5, 5.41) is 11.5. The summed E-state index contributed by atoms with van der Waals surface area (Å²) in [7, 11) is 0. The molecule has 0 bridgehead atoms. The molecule has 0 unspecified atom stereocenters. The minimum atomic E-state index is 0.857. The molecule has 4 heteroatoms. The predicted molar refractivity (Wildman–Crippen MR) is 294 cm³/mol. The number of nitrogens with zero attached hydrogens (tertiary/aromatic N) is 2. The van der Waals surface area contributed by atoms with Crippen molar-refractivity contribution >= 4 is 110 Å². The zero-order chi connectivity index (χ0) is 46.5. The molecule has 0 N–H and O–H groups in total. The second-order valence-corrected chi connectivity index (χ2v) is 18.5. The van der Waals surface area contributed by atoms with Crippen molar-refractivity contribution in [1.82, 2.24) is 0 Å². The summed E-state index contributed by atoms with van der Waals surface area (Å²) < 4.78 is 13.8. The summed E-state index contributed by atoms with van der Waals surface area (Å²) in [5.74, 6) is 0. The highest BCUT2D eigenvalue weighted by Crippen LogP contribution is 2.51. The Hall–Kier alpha value is -9.12. The van der Waals surface area contributed by atoms with E-state index < -0.39 is 0 Å². The Balaban J connectivity index is 1.01. The van der Waals surface area contributed by atoms with Crippen LogP contribution in [-0.2, 0) is 0 Å². The van der Waals surface area contributed by atoms with E-state index in [4.69, 9.17) is 8.83 Å². The number of aryl methyl sites for hydroxylation is 2. The Labute approximate surface area is 404 Å². The van der Waals surface area contributed by atoms with Crippen LogP contribution in [0.15, 0.2) is 239 Å². The molecule has 0 saturated heterocycles. The summed E-state index contributed by atoms with van der Waals surface area (Å²) >= 11 is 0. The predicted octanol–water partition coefficient (Wildman–Crippen LogP) is 19.3. The van der Waals surface area contributed by atoms with Crippen LogP contribution in [-0.4, -0.2) is 0 Å². The van der Waals surface area contributed by atoms with Crippen LogP contribution in [0.1, 0.15) is 11.1 Å². The van der Waals surface area contributed by atoms with Gasteiger partial charge in [-0.2, -0.15) is 0 Å². The van der Waals surface area contributed by atoms with Gasteiger partial charge in [-0.05, 0) is 117 Å². The van der Waals surface area contributed by atoms with E-state index in [1.807, 2.05) is 0 Å². The normalized spacial score (nSPS) is 11.9. The molecule has 2 heterocycles. The van der Waals surface area contributed by atoms with Gasteiger partial charge >= 0.3 is 0 Å². The molecular weight excluding hydrogens is 853 g/mol. The minimum Gasteiger partial charge on any atom is -0.454 e. The number of hydrogen-bond donors (Lipinski definition) is 0. The van der Waals surface area contributed by atoms with Crippen molar-refractivity contribution in [3.8, 4) is 22.3 Å². The molecule has 2 aromatic heterocycles. The molecule has 330 valence electrons. The van der Waals surface area contributed by atoms with E-state index in [1.165, 1.54) is 32.7 Å². The van der Waals surface area contributed by atoms with E-state index in [9.17, 15) is 0 Å². The maximum Gasteiger partial charge on any atom is 0.159 e. The second kappa shape index (κ2) is 15.7.